The average Bonchev–Trinajstić information content (AvgIpc) is 2.39. The molecule has 0 fully saturated rings. The predicted molar refractivity (Wildman–Crippen MR) is 75.0 cm³/mol. The zero-order chi connectivity index (χ0) is 13.1. The van der Waals surface area contributed by atoms with Crippen molar-refractivity contribution in [2.24, 2.45) is 0 Å². The molecular weight excluding hydrogens is 226 g/mol. The highest BCUT2D eigenvalue weighted by atomic mass is 16.5. The average molecular weight is 251 g/mol. The van der Waals surface area contributed by atoms with Gasteiger partial charge in [0.2, 0.25) is 0 Å². The maximum atomic E-state index is 5.72. The van der Waals surface area contributed by atoms with Crippen LogP contribution in [-0.4, -0.2) is 26.8 Å². The van der Waals surface area contributed by atoms with Crippen LogP contribution >= 0.6 is 0 Å². The first-order chi connectivity index (χ1) is 8.86. The number of ether oxygens (including phenoxy) is 2. The fraction of sp³-hybridized carbons (Fsp3) is 0.600. The van der Waals surface area contributed by atoms with Crippen molar-refractivity contribution < 1.29 is 9.47 Å². The Balaban J connectivity index is 2.13. The highest BCUT2D eigenvalue weighted by Crippen LogP contribution is 2.14. The molecule has 3 nitrogen and oxygen atoms in total. The summed E-state index contributed by atoms with van der Waals surface area (Å²) in [7, 11) is 1.71. The molecule has 1 rings (SSSR count). The molecule has 0 spiro atoms. The molecule has 0 atom stereocenters. The summed E-state index contributed by atoms with van der Waals surface area (Å²) in [6.07, 6.45) is 3.55. The van der Waals surface area contributed by atoms with Crippen molar-refractivity contribution in [2.75, 3.05) is 26.8 Å². The Bertz CT molecular complexity index is 315. The fourth-order valence-electron chi connectivity index (χ4n) is 1.79. The molecule has 102 valence electrons. The third-order valence-electron chi connectivity index (χ3n) is 2.73. The summed E-state index contributed by atoms with van der Waals surface area (Å²) in [4.78, 5) is 0. The molecule has 0 aliphatic carbocycles. The quantitative estimate of drug-likeness (QED) is 0.648. The van der Waals surface area contributed by atoms with Crippen LogP contribution in [-0.2, 0) is 11.3 Å². The molecule has 0 saturated heterocycles. The summed E-state index contributed by atoms with van der Waals surface area (Å²) in [5, 5.41) is 3.32. The Morgan fingerprint density at radius 3 is 2.83 bits per heavy atom. The molecule has 1 aromatic rings. The summed E-state index contributed by atoms with van der Waals surface area (Å²) in [6, 6.07) is 8.10. The lowest BCUT2D eigenvalue weighted by Crippen LogP contribution is -2.14. The summed E-state index contributed by atoms with van der Waals surface area (Å²) < 4.78 is 10.8. The zero-order valence-electron chi connectivity index (χ0n) is 11.6. The van der Waals surface area contributed by atoms with Crippen molar-refractivity contribution in [3.8, 4) is 5.75 Å². The lowest BCUT2D eigenvalue weighted by Gasteiger charge is -2.08. The Hall–Kier alpha value is -1.06. The number of methoxy groups -OCH3 is 1. The van der Waals surface area contributed by atoms with Crippen molar-refractivity contribution in [3.63, 3.8) is 0 Å². The minimum atomic E-state index is 0.639. The third kappa shape index (κ3) is 6.62. The first-order valence-electron chi connectivity index (χ1n) is 6.78. The van der Waals surface area contributed by atoms with Crippen LogP contribution in [0.15, 0.2) is 24.3 Å². The van der Waals surface area contributed by atoms with E-state index in [4.69, 9.17) is 9.47 Å². The molecule has 3 heteroatoms. The lowest BCUT2D eigenvalue weighted by atomic mass is 10.2. The first-order valence-corrected chi connectivity index (χ1v) is 6.78. The molecule has 0 aliphatic rings. The number of rotatable bonds is 10. The Kier molecular flexibility index (Phi) is 8.26. The maximum absolute atomic E-state index is 5.72. The van der Waals surface area contributed by atoms with Crippen LogP contribution in [0.2, 0.25) is 0 Å². The van der Waals surface area contributed by atoms with Gasteiger partial charge in [0.1, 0.15) is 5.75 Å². The molecular formula is C15H25NO2. The van der Waals surface area contributed by atoms with Gasteiger partial charge in [-0.05, 0) is 50.0 Å². The minimum Gasteiger partial charge on any atom is -0.494 e. The molecule has 0 unspecified atom stereocenters. The van der Waals surface area contributed by atoms with Gasteiger partial charge < -0.3 is 14.8 Å². The van der Waals surface area contributed by atoms with Crippen LogP contribution in [0.25, 0.3) is 0 Å². The van der Waals surface area contributed by atoms with Gasteiger partial charge in [0.15, 0.2) is 0 Å². The molecule has 0 amide bonds. The van der Waals surface area contributed by atoms with E-state index in [9.17, 15) is 0 Å². The molecule has 1 N–H and O–H groups in total. The van der Waals surface area contributed by atoms with Crippen molar-refractivity contribution in [2.45, 2.75) is 32.8 Å². The van der Waals surface area contributed by atoms with E-state index >= 15 is 0 Å². The Labute approximate surface area is 110 Å². The number of nitrogens with one attached hydrogen (secondary N) is 1. The van der Waals surface area contributed by atoms with E-state index < -0.39 is 0 Å². The number of hydrogen-bond donors (Lipinski definition) is 1. The second-order valence-corrected chi connectivity index (χ2v) is 4.34. The van der Waals surface area contributed by atoms with Gasteiger partial charge in [-0.3, -0.25) is 0 Å². The summed E-state index contributed by atoms with van der Waals surface area (Å²) in [5.41, 5.74) is 1.15. The molecule has 18 heavy (non-hydrogen) atoms. The second-order valence-electron chi connectivity index (χ2n) is 4.34. The molecule has 0 saturated carbocycles. The first kappa shape index (κ1) is 15.0. The molecule has 0 heterocycles. The summed E-state index contributed by atoms with van der Waals surface area (Å²) in [6.45, 7) is 5.74. The SMILES string of the molecule is CCNCCCCCOc1cccc(COC)c1. The maximum Gasteiger partial charge on any atom is 0.119 e. The molecule has 0 aliphatic heterocycles. The van der Waals surface area contributed by atoms with Gasteiger partial charge >= 0.3 is 0 Å². The van der Waals surface area contributed by atoms with Gasteiger partial charge in [-0.15, -0.1) is 0 Å². The fourth-order valence-corrected chi connectivity index (χ4v) is 1.79. The van der Waals surface area contributed by atoms with Gasteiger partial charge in [0, 0.05) is 7.11 Å². The van der Waals surface area contributed by atoms with Crippen molar-refractivity contribution in [1.29, 1.82) is 0 Å². The van der Waals surface area contributed by atoms with Crippen LogP contribution in [0.5, 0.6) is 5.75 Å². The minimum absolute atomic E-state index is 0.639. The third-order valence-corrected chi connectivity index (χ3v) is 2.73. The predicted octanol–water partition coefficient (Wildman–Crippen LogP) is 2.99. The van der Waals surface area contributed by atoms with Crippen LogP contribution in [0.1, 0.15) is 31.7 Å². The molecule has 0 aromatic heterocycles. The van der Waals surface area contributed by atoms with Gasteiger partial charge in [-0.25, -0.2) is 0 Å². The van der Waals surface area contributed by atoms with Crippen LogP contribution in [0.4, 0.5) is 0 Å². The van der Waals surface area contributed by atoms with E-state index in [0.717, 1.165) is 37.4 Å². The smallest absolute Gasteiger partial charge is 0.119 e. The van der Waals surface area contributed by atoms with E-state index in [1.165, 1.54) is 12.8 Å². The number of hydrogen-bond acceptors (Lipinski definition) is 3. The van der Waals surface area contributed by atoms with Gasteiger partial charge in [-0.2, -0.15) is 0 Å². The van der Waals surface area contributed by atoms with E-state index in [2.05, 4.69) is 12.2 Å². The van der Waals surface area contributed by atoms with E-state index in [0.29, 0.717) is 6.61 Å². The van der Waals surface area contributed by atoms with Crippen molar-refractivity contribution in [1.82, 2.24) is 5.32 Å². The standard InChI is InChI=1S/C15H25NO2/c1-3-16-10-5-4-6-11-18-15-9-7-8-14(12-15)13-17-2/h7-9,12,16H,3-6,10-11,13H2,1-2H3. The van der Waals surface area contributed by atoms with Gasteiger partial charge in [0.25, 0.3) is 0 Å². The van der Waals surface area contributed by atoms with Crippen LogP contribution < -0.4 is 10.1 Å². The lowest BCUT2D eigenvalue weighted by molar-refractivity contribution is 0.184. The molecule has 0 radical (unpaired) electrons. The topological polar surface area (TPSA) is 30.5 Å². The summed E-state index contributed by atoms with van der Waals surface area (Å²) >= 11 is 0. The summed E-state index contributed by atoms with van der Waals surface area (Å²) in [5.74, 6) is 0.941. The van der Waals surface area contributed by atoms with Gasteiger partial charge in [-0.1, -0.05) is 19.1 Å². The Morgan fingerprint density at radius 1 is 1.17 bits per heavy atom. The second kappa shape index (κ2) is 9.92. The highest BCUT2D eigenvalue weighted by Gasteiger charge is 1.97. The monoisotopic (exact) mass is 251 g/mol. The molecule has 1 aromatic carbocycles. The largest absolute Gasteiger partial charge is 0.494 e. The molecule has 0 bridgehead atoms. The van der Waals surface area contributed by atoms with Crippen LogP contribution in [0, 0.1) is 0 Å². The highest BCUT2D eigenvalue weighted by molar-refractivity contribution is 5.28. The van der Waals surface area contributed by atoms with Crippen molar-refractivity contribution >= 4 is 0 Å². The number of unbranched alkanes of at least 4 members (excludes halogenated alkanes) is 2. The van der Waals surface area contributed by atoms with Gasteiger partial charge in [0.05, 0.1) is 13.2 Å². The normalized spacial score (nSPS) is 10.6. The van der Waals surface area contributed by atoms with Crippen molar-refractivity contribution in [3.05, 3.63) is 29.8 Å². The Morgan fingerprint density at radius 2 is 2.06 bits per heavy atom. The number of benzene rings is 1. The van der Waals surface area contributed by atoms with E-state index in [1.54, 1.807) is 7.11 Å². The zero-order valence-corrected chi connectivity index (χ0v) is 11.6. The van der Waals surface area contributed by atoms with E-state index in [-0.39, 0.29) is 0 Å². The van der Waals surface area contributed by atoms with E-state index in [1.807, 2.05) is 24.3 Å². The van der Waals surface area contributed by atoms with Crippen LogP contribution in [0.3, 0.4) is 0 Å².